The highest BCUT2D eigenvalue weighted by atomic mass is 16.6. The molecule has 3 aromatic rings. The molecule has 0 unspecified atom stereocenters. The fourth-order valence-electron chi connectivity index (χ4n) is 9.74. The molecular weight excluding hydrogens is 1130 g/mol. The number of carbonyl (C=O) groups excluding carboxylic acids is 7. The molecule has 26 nitrogen and oxygen atoms in total. The van der Waals surface area contributed by atoms with Crippen LogP contribution in [-0.2, 0) is 25.5 Å². The quantitative estimate of drug-likeness (QED) is 0.0245. The molecule has 5 atom stereocenters. The van der Waals surface area contributed by atoms with Gasteiger partial charge < -0.3 is 80.5 Å². The first-order chi connectivity index (χ1) is 41.3. The second-order valence-corrected chi connectivity index (χ2v) is 22.3. The number of alkyl carbamates (subject to hydrolysis) is 1. The smallest absolute Gasteiger partial charge is 0.411 e. The van der Waals surface area contributed by atoms with Gasteiger partial charge in [-0.2, -0.15) is 0 Å². The molecule has 474 valence electrons. The van der Waals surface area contributed by atoms with Gasteiger partial charge in [-0.3, -0.25) is 29.8 Å². The fraction of sp³-hybridized carbons (Fsp3) is 0.475. The standard InChI is InChI=1S/C61H83N9O17/c1-11-22-85-59(80)67-47-30-51(49(83-10)28-44(47)56(76)70-32-37(5)25-41(70)34-72)86-42(15-12-13-23-84-50-29-46(66-58(78)79)43(27-48(50)82-9)55(75)69-31-36(4)24-40(69)33-71)26-38-17-19-39(20-18-38)64-53(73)45(16-14-21-63-57(62)77)65-54(74)52(35(2)3)68-60(81)87-61(6,7)8/h11,17-20,27-30,35,40-42,45,52,66,71-72H,1,4-5,12-16,21-26,31-34H2,2-3,6-10H3,(H,64,73)(H,65,74)(H,67,80)(H,68,81)(H,78,79)(H3,62,63,77)/t40-,41-,42-,45-,52-/m0/s1. The number of unbranched alkanes of at least 4 members (excludes halogenated alkanes) is 1. The van der Waals surface area contributed by atoms with Gasteiger partial charge in [-0.1, -0.05) is 62.9 Å². The number of nitrogens with one attached hydrogen (secondary N) is 6. The van der Waals surface area contributed by atoms with Crippen LogP contribution in [-0.4, -0.2) is 169 Å². The number of carbonyl (C=O) groups is 8. The number of methoxy groups -OCH3 is 2. The minimum absolute atomic E-state index is 0.0152. The summed E-state index contributed by atoms with van der Waals surface area (Å²) in [4.78, 5) is 108. The van der Waals surface area contributed by atoms with Gasteiger partial charge in [0.2, 0.25) is 11.8 Å². The second kappa shape index (κ2) is 32.5. The first-order valence-corrected chi connectivity index (χ1v) is 28.5. The third-order valence-corrected chi connectivity index (χ3v) is 13.9. The van der Waals surface area contributed by atoms with Crippen LogP contribution in [0.4, 0.5) is 36.2 Å². The maximum atomic E-state index is 14.3. The number of hydrogen-bond donors (Lipinski definition) is 10. The zero-order valence-electron chi connectivity index (χ0n) is 50.4. The van der Waals surface area contributed by atoms with Crippen molar-refractivity contribution in [2.45, 2.75) is 122 Å². The summed E-state index contributed by atoms with van der Waals surface area (Å²) in [5.74, 6) is -2.16. The van der Waals surface area contributed by atoms with Crippen LogP contribution in [0.3, 0.4) is 0 Å². The van der Waals surface area contributed by atoms with E-state index in [1.807, 2.05) is 0 Å². The number of nitrogens with zero attached hydrogens (tertiary/aromatic N) is 2. The molecule has 5 rings (SSSR count). The lowest BCUT2D eigenvalue weighted by molar-refractivity contribution is -0.128. The van der Waals surface area contributed by atoms with Crippen LogP contribution in [0.15, 0.2) is 85.5 Å². The van der Waals surface area contributed by atoms with E-state index >= 15 is 0 Å². The highest BCUT2D eigenvalue weighted by molar-refractivity contribution is 6.05. The molecule has 2 saturated heterocycles. The molecule has 2 aliphatic heterocycles. The average molecular weight is 1210 g/mol. The summed E-state index contributed by atoms with van der Waals surface area (Å²) in [5.41, 5.74) is 6.91. The van der Waals surface area contributed by atoms with E-state index in [0.29, 0.717) is 37.8 Å². The Morgan fingerprint density at radius 3 is 1.84 bits per heavy atom. The van der Waals surface area contributed by atoms with Crippen molar-refractivity contribution in [3.8, 4) is 23.0 Å². The number of carboxylic acid groups (broad SMARTS) is 1. The zero-order chi connectivity index (χ0) is 64.1. The maximum absolute atomic E-state index is 14.3. The lowest BCUT2D eigenvalue weighted by atomic mass is 10.0. The van der Waals surface area contributed by atoms with Crippen molar-refractivity contribution < 1.29 is 82.1 Å². The maximum Gasteiger partial charge on any atom is 0.411 e. The molecule has 0 aliphatic carbocycles. The van der Waals surface area contributed by atoms with Crippen molar-refractivity contribution >= 4 is 65.0 Å². The largest absolute Gasteiger partial charge is 0.493 e. The SMILES string of the molecule is C=CCOC(=O)Nc1cc(O[C@@H](CCCCOc2cc(NC(=O)O)c(C(=O)N3CC(=C)C[C@H]3CO)cc2OC)Cc2ccc(NC(=O)[C@H](CCCNC(N)=O)NC(=O)[C@@H](NC(=O)OC(C)(C)C)C(C)C)cc2)c(OC)cc1C(=O)N1CC(=C)C[C@H]1CO. The Labute approximate surface area is 506 Å². The topological polar surface area (TPSA) is 357 Å². The highest BCUT2D eigenvalue weighted by Crippen LogP contribution is 2.39. The van der Waals surface area contributed by atoms with E-state index in [4.69, 9.17) is 34.2 Å². The van der Waals surface area contributed by atoms with Crippen molar-refractivity contribution in [1.82, 2.24) is 25.8 Å². The van der Waals surface area contributed by atoms with Gasteiger partial charge >= 0.3 is 24.3 Å². The molecule has 2 heterocycles. The van der Waals surface area contributed by atoms with E-state index in [2.05, 4.69) is 51.6 Å². The van der Waals surface area contributed by atoms with E-state index in [1.54, 1.807) is 58.9 Å². The number of aliphatic hydroxyl groups excluding tert-OH is 2. The van der Waals surface area contributed by atoms with Crippen molar-refractivity contribution in [2.75, 3.05) is 76.2 Å². The fourth-order valence-corrected chi connectivity index (χ4v) is 9.74. The van der Waals surface area contributed by atoms with E-state index in [1.165, 1.54) is 54.4 Å². The van der Waals surface area contributed by atoms with Crippen LogP contribution in [0.1, 0.15) is 106 Å². The van der Waals surface area contributed by atoms with Crippen LogP contribution in [0.2, 0.25) is 0 Å². The average Bonchev–Trinajstić information content (AvgIpc) is 1.96. The van der Waals surface area contributed by atoms with E-state index in [0.717, 1.165) is 16.7 Å². The van der Waals surface area contributed by atoms with Crippen LogP contribution >= 0.6 is 0 Å². The number of aliphatic hydroxyl groups is 2. The van der Waals surface area contributed by atoms with Crippen molar-refractivity contribution in [3.05, 3.63) is 102 Å². The number of urea groups is 1. The monoisotopic (exact) mass is 1210 g/mol. The molecule has 2 fully saturated rings. The Kier molecular flexibility index (Phi) is 25.6. The molecule has 11 N–H and O–H groups in total. The van der Waals surface area contributed by atoms with Gasteiger partial charge in [0.15, 0.2) is 23.0 Å². The summed E-state index contributed by atoms with van der Waals surface area (Å²) in [6.45, 7) is 19.8. The Morgan fingerprint density at radius 2 is 1.31 bits per heavy atom. The number of ether oxygens (including phenoxy) is 6. The van der Waals surface area contributed by atoms with Crippen LogP contribution in [0.25, 0.3) is 0 Å². The van der Waals surface area contributed by atoms with Crippen molar-refractivity contribution in [1.29, 1.82) is 0 Å². The number of hydrogen-bond acceptors (Lipinski definition) is 16. The Morgan fingerprint density at radius 1 is 0.736 bits per heavy atom. The first kappa shape index (κ1) is 68.7. The minimum atomic E-state index is -1.43. The first-order valence-electron chi connectivity index (χ1n) is 28.5. The molecule has 26 heteroatoms. The molecule has 3 aromatic carbocycles. The summed E-state index contributed by atoms with van der Waals surface area (Å²) >= 11 is 0. The summed E-state index contributed by atoms with van der Waals surface area (Å²) < 4.78 is 34.9. The summed E-state index contributed by atoms with van der Waals surface area (Å²) in [6, 6.07) is 8.37. The number of benzene rings is 3. The van der Waals surface area contributed by atoms with Crippen LogP contribution < -0.4 is 56.6 Å². The molecule has 2 aliphatic rings. The van der Waals surface area contributed by atoms with E-state index < -0.39 is 89.7 Å². The van der Waals surface area contributed by atoms with Crippen molar-refractivity contribution in [2.24, 2.45) is 11.7 Å². The van der Waals surface area contributed by atoms with E-state index in [-0.39, 0.29) is 111 Å². The van der Waals surface area contributed by atoms with Gasteiger partial charge in [0.05, 0.1) is 68.6 Å². The number of amides is 9. The number of primary amides is 1. The lowest BCUT2D eigenvalue weighted by Crippen LogP contribution is -2.55. The van der Waals surface area contributed by atoms with Gasteiger partial charge in [-0.05, 0) is 101 Å². The predicted octanol–water partition coefficient (Wildman–Crippen LogP) is 6.71. The number of anilines is 3. The van der Waals surface area contributed by atoms with E-state index in [9.17, 15) is 53.7 Å². The molecule has 0 spiro atoms. The van der Waals surface area contributed by atoms with Gasteiger partial charge in [-0.25, -0.2) is 19.2 Å². The molecule has 9 amide bonds. The zero-order valence-corrected chi connectivity index (χ0v) is 50.4. The molecule has 0 saturated carbocycles. The van der Waals surface area contributed by atoms with Gasteiger partial charge in [-0.15, -0.1) is 0 Å². The molecular formula is C61H83N9O17. The van der Waals surface area contributed by atoms with Crippen LogP contribution in [0, 0.1) is 5.92 Å². The minimum Gasteiger partial charge on any atom is -0.493 e. The number of likely N-dealkylation sites (tertiary alicyclic amines) is 2. The second-order valence-electron chi connectivity index (χ2n) is 22.3. The summed E-state index contributed by atoms with van der Waals surface area (Å²) in [7, 11) is 2.76. The predicted molar refractivity (Wildman–Crippen MR) is 323 cm³/mol. The van der Waals surface area contributed by atoms with Crippen LogP contribution in [0.5, 0.6) is 23.0 Å². The third-order valence-electron chi connectivity index (χ3n) is 13.9. The molecule has 0 bridgehead atoms. The Balaban J connectivity index is 1.43. The highest BCUT2D eigenvalue weighted by Gasteiger charge is 2.36. The molecule has 87 heavy (non-hydrogen) atoms. The van der Waals surface area contributed by atoms with Gasteiger partial charge in [0, 0.05) is 43.9 Å². The third kappa shape index (κ3) is 20.6. The van der Waals surface area contributed by atoms with Crippen molar-refractivity contribution in [3.63, 3.8) is 0 Å². The Hall–Kier alpha value is -9.04. The summed E-state index contributed by atoms with van der Waals surface area (Å²) in [6.07, 6.45) is 0.0853. The Bertz CT molecular complexity index is 2980. The normalized spacial score (nSPS) is 15.7. The van der Waals surface area contributed by atoms with Gasteiger partial charge in [0.25, 0.3) is 11.8 Å². The number of rotatable bonds is 30. The summed E-state index contributed by atoms with van der Waals surface area (Å²) in [5, 5.41) is 45.5. The molecule has 0 radical (unpaired) electrons. The molecule has 0 aromatic heterocycles. The number of nitrogens with two attached hydrogens (primary N) is 1. The van der Waals surface area contributed by atoms with Gasteiger partial charge in [0.1, 0.15) is 30.4 Å². The lowest BCUT2D eigenvalue weighted by Gasteiger charge is -2.27.